The van der Waals surface area contributed by atoms with Crippen molar-refractivity contribution in [2.24, 2.45) is 0 Å². The predicted molar refractivity (Wildman–Crippen MR) is 124 cm³/mol. The molecule has 1 saturated heterocycles. The van der Waals surface area contributed by atoms with Crippen LogP contribution in [0.25, 0.3) is 11.0 Å². The molecule has 6 nitrogen and oxygen atoms in total. The van der Waals surface area contributed by atoms with Crippen LogP contribution in [0.2, 0.25) is 0 Å². The SMILES string of the molecule is CN1CCC(OC(c2nc3ccccc3[nH]2)c2cc(Oc3ccccc3)ccc2O)CC1. The molecule has 1 unspecified atom stereocenters. The van der Waals surface area contributed by atoms with Crippen molar-refractivity contribution in [2.75, 3.05) is 20.1 Å². The zero-order valence-corrected chi connectivity index (χ0v) is 18.1. The van der Waals surface area contributed by atoms with E-state index in [-0.39, 0.29) is 11.9 Å². The minimum Gasteiger partial charge on any atom is -0.508 e. The molecule has 1 atom stereocenters. The Morgan fingerprint density at radius 1 is 0.969 bits per heavy atom. The van der Waals surface area contributed by atoms with Crippen LogP contribution < -0.4 is 4.74 Å². The van der Waals surface area contributed by atoms with Crippen LogP contribution in [-0.2, 0) is 4.74 Å². The highest BCUT2D eigenvalue weighted by Crippen LogP contribution is 2.37. The number of nitrogens with one attached hydrogen (secondary N) is 1. The third kappa shape index (κ3) is 4.47. The fourth-order valence-electron chi connectivity index (χ4n) is 4.13. The average Bonchev–Trinajstić information content (AvgIpc) is 3.25. The number of para-hydroxylation sites is 3. The number of aromatic hydroxyl groups is 1. The minimum absolute atomic E-state index is 0.0857. The number of imidazole rings is 1. The van der Waals surface area contributed by atoms with Crippen LogP contribution in [0.1, 0.15) is 30.3 Å². The van der Waals surface area contributed by atoms with Gasteiger partial charge in [-0.3, -0.25) is 0 Å². The molecule has 0 amide bonds. The molecule has 2 heterocycles. The van der Waals surface area contributed by atoms with Gasteiger partial charge in [0.05, 0.1) is 17.1 Å². The molecule has 4 aromatic rings. The molecule has 0 spiro atoms. The van der Waals surface area contributed by atoms with Crippen molar-refractivity contribution < 1.29 is 14.6 Å². The highest BCUT2D eigenvalue weighted by molar-refractivity contribution is 5.75. The lowest BCUT2D eigenvalue weighted by molar-refractivity contribution is -0.0272. The summed E-state index contributed by atoms with van der Waals surface area (Å²) >= 11 is 0. The zero-order chi connectivity index (χ0) is 21.9. The number of ether oxygens (including phenoxy) is 2. The Bertz CT molecular complexity index is 1150. The first-order valence-corrected chi connectivity index (χ1v) is 11.0. The molecule has 0 saturated carbocycles. The summed E-state index contributed by atoms with van der Waals surface area (Å²) in [6.45, 7) is 1.97. The molecule has 2 N–H and O–H groups in total. The number of phenolic OH excluding ortho intramolecular Hbond substituents is 1. The topological polar surface area (TPSA) is 70.6 Å². The summed E-state index contributed by atoms with van der Waals surface area (Å²) in [6, 6.07) is 22.8. The third-order valence-corrected chi connectivity index (χ3v) is 5.91. The molecule has 32 heavy (non-hydrogen) atoms. The summed E-state index contributed by atoms with van der Waals surface area (Å²) in [5, 5.41) is 10.8. The summed E-state index contributed by atoms with van der Waals surface area (Å²) in [4.78, 5) is 10.5. The van der Waals surface area contributed by atoms with Crippen molar-refractivity contribution in [3.05, 3.63) is 84.2 Å². The van der Waals surface area contributed by atoms with Gasteiger partial charge in [-0.2, -0.15) is 0 Å². The van der Waals surface area contributed by atoms with Crippen molar-refractivity contribution in [1.82, 2.24) is 14.9 Å². The number of rotatable bonds is 6. The van der Waals surface area contributed by atoms with E-state index in [9.17, 15) is 5.11 Å². The van der Waals surface area contributed by atoms with Crippen LogP contribution in [0.5, 0.6) is 17.2 Å². The van der Waals surface area contributed by atoms with E-state index < -0.39 is 6.10 Å². The molecule has 164 valence electrons. The fourth-order valence-corrected chi connectivity index (χ4v) is 4.13. The van der Waals surface area contributed by atoms with Gasteiger partial charge < -0.3 is 24.5 Å². The van der Waals surface area contributed by atoms with Crippen LogP contribution in [0.3, 0.4) is 0 Å². The summed E-state index contributed by atoms with van der Waals surface area (Å²) in [6.07, 6.45) is 1.43. The molecule has 1 aliphatic rings. The number of hydrogen-bond donors (Lipinski definition) is 2. The Balaban J connectivity index is 1.51. The van der Waals surface area contributed by atoms with Crippen LogP contribution >= 0.6 is 0 Å². The Morgan fingerprint density at radius 3 is 2.50 bits per heavy atom. The van der Waals surface area contributed by atoms with Crippen LogP contribution in [-0.4, -0.2) is 46.2 Å². The number of aromatic amines is 1. The van der Waals surface area contributed by atoms with Gasteiger partial charge in [0, 0.05) is 18.7 Å². The first-order valence-electron chi connectivity index (χ1n) is 11.0. The number of likely N-dealkylation sites (tertiary alicyclic amines) is 1. The van der Waals surface area contributed by atoms with Crippen molar-refractivity contribution in [3.63, 3.8) is 0 Å². The molecule has 1 aliphatic heterocycles. The molecule has 0 aliphatic carbocycles. The van der Waals surface area contributed by atoms with Gasteiger partial charge in [-0.15, -0.1) is 0 Å². The summed E-state index contributed by atoms with van der Waals surface area (Å²) in [7, 11) is 2.13. The van der Waals surface area contributed by atoms with Gasteiger partial charge >= 0.3 is 0 Å². The molecular formula is C26H27N3O3. The van der Waals surface area contributed by atoms with Gasteiger partial charge in [0.25, 0.3) is 0 Å². The molecule has 3 aromatic carbocycles. The maximum atomic E-state index is 10.8. The van der Waals surface area contributed by atoms with Gasteiger partial charge in [-0.1, -0.05) is 30.3 Å². The number of benzene rings is 3. The maximum absolute atomic E-state index is 10.8. The second-order valence-electron chi connectivity index (χ2n) is 8.29. The molecule has 5 rings (SSSR count). The maximum Gasteiger partial charge on any atom is 0.144 e. The van der Waals surface area contributed by atoms with Crippen molar-refractivity contribution in [1.29, 1.82) is 0 Å². The first kappa shape index (κ1) is 20.5. The molecular weight excluding hydrogens is 402 g/mol. The van der Waals surface area contributed by atoms with Crippen molar-refractivity contribution >= 4 is 11.0 Å². The second-order valence-corrected chi connectivity index (χ2v) is 8.29. The molecule has 1 fully saturated rings. The fraction of sp³-hybridized carbons (Fsp3) is 0.269. The van der Waals surface area contributed by atoms with E-state index in [1.807, 2.05) is 60.7 Å². The lowest BCUT2D eigenvalue weighted by Crippen LogP contribution is -2.35. The minimum atomic E-state index is -0.532. The summed E-state index contributed by atoms with van der Waals surface area (Å²) < 4.78 is 12.6. The number of hydrogen-bond acceptors (Lipinski definition) is 5. The van der Waals surface area contributed by atoms with E-state index in [4.69, 9.17) is 14.5 Å². The number of aromatic nitrogens is 2. The Hall–Kier alpha value is -3.35. The van der Waals surface area contributed by atoms with Crippen LogP contribution in [0, 0.1) is 0 Å². The van der Waals surface area contributed by atoms with Crippen molar-refractivity contribution in [3.8, 4) is 17.2 Å². The van der Waals surface area contributed by atoms with Gasteiger partial charge in [-0.05, 0) is 62.4 Å². The smallest absolute Gasteiger partial charge is 0.144 e. The normalized spacial score (nSPS) is 16.3. The van der Waals surface area contributed by atoms with Gasteiger partial charge in [0.2, 0.25) is 0 Å². The van der Waals surface area contributed by atoms with E-state index >= 15 is 0 Å². The zero-order valence-electron chi connectivity index (χ0n) is 18.1. The lowest BCUT2D eigenvalue weighted by atomic mass is 10.0. The summed E-state index contributed by atoms with van der Waals surface area (Å²) in [5.41, 5.74) is 2.45. The average molecular weight is 430 g/mol. The molecule has 0 bridgehead atoms. The number of fused-ring (bicyclic) bond motifs is 1. The monoisotopic (exact) mass is 429 g/mol. The van der Waals surface area contributed by atoms with Gasteiger partial charge in [-0.25, -0.2) is 4.98 Å². The lowest BCUT2D eigenvalue weighted by Gasteiger charge is -2.31. The van der Waals surface area contributed by atoms with Crippen LogP contribution in [0.15, 0.2) is 72.8 Å². The third-order valence-electron chi connectivity index (χ3n) is 5.91. The van der Waals surface area contributed by atoms with Crippen LogP contribution in [0.4, 0.5) is 0 Å². The van der Waals surface area contributed by atoms with Crippen molar-refractivity contribution in [2.45, 2.75) is 25.0 Å². The number of piperidine rings is 1. The number of nitrogens with zero attached hydrogens (tertiary/aromatic N) is 2. The van der Waals surface area contributed by atoms with Gasteiger partial charge in [0.1, 0.15) is 29.2 Å². The Morgan fingerprint density at radius 2 is 1.72 bits per heavy atom. The first-order chi connectivity index (χ1) is 15.7. The van der Waals surface area contributed by atoms with Gasteiger partial charge in [0.15, 0.2) is 0 Å². The van der Waals surface area contributed by atoms with E-state index in [1.165, 1.54) is 0 Å². The quantitative estimate of drug-likeness (QED) is 0.437. The number of phenols is 1. The molecule has 1 aromatic heterocycles. The molecule has 6 heteroatoms. The standard InChI is InChI=1S/C26H27N3O3/c1-29-15-13-19(14-16-29)32-25(26-27-22-9-5-6-10-23(22)28-26)21-17-20(11-12-24(21)30)31-18-7-3-2-4-8-18/h2-12,17,19,25,30H,13-16H2,1H3,(H,27,28). The van der Waals surface area contributed by atoms with E-state index in [0.717, 1.165) is 42.7 Å². The largest absolute Gasteiger partial charge is 0.508 e. The highest BCUT2D eigenvalue weighted by atomic mass is 16.5. The van der Waals surface area contributed by atoms with E-state index in [0.29, 0.717) is 17.1 Å². The Kier molecular flexibility index (Phi) is 5.79. The van der Waals surface area contributed by atoms with E-state index in [2.05, 4.69) is 16.9 Å². The summed E-state index contributed by atoms with van der Waals surface area (Å²) in [5.74, 6) is 2.21. The Labute approximate surface area is 187 Å². The predicted octanol–water partition coefficient (Wildman–Crippen LogP) is 5.26. The number of H-pyrrole nitrogens is 1. The van der Waals surface area contributed by atoms with E-state index in [1.54, 1.807) is 12.1 Å². The molecule has 0 radical (unpaired) electrons. The highest BCUT2D eigenvalue weighted by Gasteiger charge is 2.28. The second kappa shape index (κ2) is 9.02.